The van der Waals surface area contributed by atoms with E-state index in [1.165, 1.54) is 0 Å². The Morgan fingerprint density at radius 1 is 1.38 bits per heavy atom. The van der Waals surface area contributed by atoms with Gasteiger partial charge in [-0.05, 0) is 13.3 Å². The lowest BCUT2D eigenvalue weighted by Crippen LogP contribution is -2.49. The Morgan fingerprint density at radius 2 is 2.00 bits per heavy atom. The third-order valence-corrected chi connectivity index (χ3v) is 2.14. The van der Waals surface area contributed by atoms with Gasteiger partial charge in [-0.15, -0.1) is 0 Å². The molecule has 0 saturated carbocycles. The summed E-state index contributed by atoms with van der Waals surface area (Å²) in [5, 5.41) is 23.2. The molecule has 0 aromatic rings. The zero-order valence-electron chi connectivity index (χ0n) is 9.90. The summed E-state index contributed by atoms with van der Waals surface area (Å²) in [5.74, 6) is -0.150. The van der Waals surface area contributed by atoms with Gasteiger partial charge in [0.1, 0.15) is 0 Å². The van der Waals surface area contributed by atoms with Gasteiger partial charge in [-0.3, -0.25) is 10.1 Å². The van der Waals surface area contributed by atoms with Crippen LogP contribution in [0, 0.1) is 0 Å². The van der Waals surface area contributed by atoms with E-state index in [1.54, 1.807) is 14.0 Å². The van der Waals surface area contributed by atoms with Gasteiger partial charge in [0.15, 0.2) is 0 Å². The maximum atomic E-state index is 11.5. The van der Waals surface area contributed by atoms with E-state index in [1.807, 2.05) is 0 Å². The largest absolute Gasteiger partial charge is 0.395 e. The monoisotopic (exact) mass is 234 g/mol. The van der Waals surface area contributed by atoms with Crippen LogP contribution < -0.4 is 10.6 Å². The Labute approximate surface area is 96.0 Å². The van der Waals surface area contributed by atoms with Crippen molar-refractivity contribution in [2.45, 2.75) is 25.4 Å². The Bertz CT molecular complexity index is 186. The van der Waals surface area contributed by atoms with Crippen molar-refractivity contribution in [2.75, 3.05) is 33.5 Å². The summed E-state index contributed by atoms with van der Waals surface area (Å²) in [7, 11) is 1.61. The van der Waals surface area contributed by atoms with Crippen LogP contribution in [-0.4, -0.2) is 61.7 Å². The number of rotatable bonds is 9. The van der Waals surface area contributed by atoms with E-state index in [4.69, 9.17) is 14.9 Å². The van der Waals surface area contributed by atoms with Crippen LogP contribution in [0.15, 0.2) is 0 Å². The highest BCUT2D eigenvalue weighted by atomic mass is 16.5. The number of ether oxygens (including phenoxy) is 1. The van der Waals surface area contributed by atoms with Gasteiger partial charge in [0.05, 0.1) is 25.3 Å². The third-order valence-electron chi connectivity index (χ3n) is 2.14. The molecule has 0 aliphatic rings. The first-order chi connectivity index (χ1) is 7.65. The van der Waals surface area contributed by atoms with Crippen molar-refractivity contribution < 1.29 is 19.7 Å². The van der Waals surface area contributed by atoms with Gasteiger partial charge in [-0.25, -0.2) is 0 Å². The lowest BCUT2D eigenvalue weighted by atomic mass is 10.2. The average Bonchev–Trinajstić information content (AvgIpc) is 2.30. The van der Waals surface area contributed by atoms with Crippen LogP contribution in [-0.2, 0) is 9.53 Å². The minimum Gasteiger partial charge on any atom is -0.395 e. The highest BCUT2D eigenvalue weighted by Gasteiger charge is 2.15. The lowest BCUT2D eigenvalue weighted by molar-refractivity contribution is -0.123. The molecule has 0 aromatic carbocycles. The molecule has 0 fully saturated rings. The molecule has 0 spiro atoms. The van der Waals surface area contributed by atoms with E-state index in [0.717, 1.165) is 6.42 Å². The van der Waals surface area contributed by atoms with E-state index in [9.17, 15) is 4.79 Å². The molecule has 0 aliphatic heterocycles. The van der Waals surface area contributed by atoms with Crippen molar-refractivity contribution in [3.05, 3.63) is 0 Å². The van der Waals surface area contributed by atoms with Crippen LogP contribution >= 0.6 is 0 Å². The van der Waals surface area contributed by atoms with Gasteiger partial charge in [-0.2, -0.15) is 0 Å². The molecule has 0 aliphatic carbocycles. The number of aliphatic hydroxyl groups excluding tert-OH is 2. The Kier molecular flexibility index (Phi) is 9.12. The van der Waals surface area contributed by atoms with E-state index < -0.39 is 12.1 Å². The number of carbonyl (C=O) groups is 1. The summed E-state index contributed by atoms with van der Waals surface area (Å²) in [4.78, 5) is 11.5. The fraction of sp³-hybridized carbons (Fsp3) is 0.900. The molecule has 6 heteroatoms. The fourth-order valence-electron chi connectivity index (χ4n) is 1.17. The molecule has 4 N–H and O–H groups in total. The molecule has 0 bridgehead atoms. The average molecular weight is 234 g/mol. The van der Waals surface area contributed by atoms with Gasteiger partial charge in [0.2, 0.25) is 5.91 Å². The van der Waals surface area contributed by atoms with Crippen LogP contribution in [0.4, 0.5) is 0 Å². The zero-order chi connectivity index (χ0) is 12.4. The van der Waals surface area contributed by atoms with Crippen molar-refractivity contribution in [3.8, 4) is 0 Å². The van der Waals surface area contributed by atoms with Crippen LogP contribution in [0.2, 0.25) is 0 Å². The fourth-order valence-corrected chi connectivity index (χ4v) is 1.17. The number of methoxy groups -OCH3 is 1. The Hall–Kier alpha value is -0.690. The molecule has 1 unspecified atom stereocenters. The van der Waals surface area contributed by atoms with Crippen molar-refractivity contribution in [1.29, 1.82) is 0 Å². The molecule has 0 radical (unpaired) electrons. The van der Waals surface area contributed by atoms with E-state index in [2.05, 4.69) is 10.6 Å². The van der Waals surface area contributed by atoms with Crippen LogP contribution in [0.25, 0.3) is 0 Å². The Balaban J connectivity index is 3.72. The summed E-state index contributed by atoms with van der Waals surface area (Å²) in [6.07, 6.45) is 0.762. The second kappa shape index (κ2) is 9.53. The first-order valence-corrected chi connectivity index (χ1v) is 5.40. The van der Waals surface area contributed by atoms with Crippen molar-refractivity contribution in [3.63, 3.8) is 0 Å². The predicted octanol–water partition coefficient (Wildman–Crippen LogP) is -1.53. The molecule has 1 amide bonds. The van der Waals surface area contributed by atoms with Crippen LogP contribution in [0.3, 0.4) is 0 Å². The lowest BCUT2D eigenvalue weighted by Gasteiger charge is -2.19. The minimum atomic E-state index is -0.459. The van der Waals surface area contributed by atoms with Gasteiger partial charge in [-0.1, -0.05) is 0 Å². The van der Waals surface area contributed by atoms with Crippen LogP contribution in [0.1, 0.15) is 13.3 Å². The first-order valence-electron chi connectivity index (χ1n) is 5.40. The molecule has 6 nitrogen and oxygen atoms in total. The summed E-state index contributed by atoms with van der Waals surface area (Å²) in [6.45, 7) is 2.46. The zero-order valence-corrected chi connectivity index (χ0v) is 9.90. The van der Waals surface area contributed by atoms with E-state index in [0.29, 0.717) is 13.2 Å². The quantitative estimate of drug-likeness (QED) is 0.363. The summed E-state index contributed by atoms with van der Waals surface area (Å²) in [5.41, 5.74) is 0. The highest BCUT2D eigenvalue weighted by Crippen LogP contribution is 1.88. The van der Waals surface area contributed by atoms with E-state index in [-0.39, 0.29) is 19.1 Å². The second-order valence-corrected chi connectivity index (χ2v) is 3.59. The summed E-state index contributed by atoms with van der Waals surface area (Å²) < 4.78 is 4.85. The van der Waals surface area contributed by atoms with Crippen molar-refractivity contribution in [1.82, 2.24) is 10.6 Å². The highest BCUT2D eigenvalue weighted by molar-refractivity contribution is 5.81. The molecule has 0 rings (SSSR count). The van der Waals surface area contributed by atoms with Gasteiger partial charge >= 0.3 is 0 Å². The standard InChI is InChI=1S/C10H22N2O4/c1-8(12-9(6-13)7-14)10(15)11-4-3-5-16-2/h8-9,12-14H,3-7H2,1-2H3,(H,11,15). The molecular formula is C10H22N2O4. The number of hydrogen-bond donors (Lipinski definition) is 4. The SMILES string of the molecule is COCCCNC(=O)C(C)NC(CO)CO. The molecule has 16 heavy (non-hydrogen) atoms. The van der Waals surface area contributed by atoms with Crippen LogP contribution in [0.5, 0.6) is 0 Å². The van der Waals surface area contributed by atoms with Crippen molar-refractivity contribution in [2.24, 2.45) is 0 Å². The van der Waals surface area contributed by atoms with Gasteiger partial charge in [0, 0.05) is 20.3 Å². The summed E-state index contributed by atoms with van der Waals surface area (Å²) >= 11 is 0. The van der Waals surface area contributed by atoms with Crippen molar-refractivity contribution >= 4 is 5.91 Å². The smallest absolute Gasteiger partial charge is 0.236 e. The molecule has 96 valence electrons. The molecular weight excluding hydrogens is 212 g/mol. The molecule has 1 atom stereocenters. The maximum absolute atomic E-state index is 11.5. The Morgan fingerprint density at radius 3 is 2.50 bits per heavy atom. The van der Waals surface area contributed by atoms with Gasteiger partial charge in [0.25, 0.3) is 0 Å². The first kappa shape index (κ1) is 15.3. The third kappa shape index (κ3) is 6.73. The van der Waals surface area contributed by atoms with E-state index >= 15 is 0 Å². The number of aliphatic hydroxyl groups is 2. The predicted molar refractivity (Wildman–Crippen MR) is 60.1 cm³/mol. The number of nitrogens with one attached hydrogen (secondary N) is 2. The maximum Gasteiger partial charge on any atom is 0.236 e. The summed E-state index contributed by atoms with van der Waals surface area (Å²) in [6, 6.07) is -0.897. The number of hydrogen-bond acceptors (Lipinski definition) is 5. The number of amides is 1. The normalized spacial score (nSPS) is 12.8. The number of carbonyl (C=O) groups excluding carboxylic acids is 1. The topological polar surface area (TPSA) is 90.8 Å². The molecule has 0 aromatic heterocycles. The van der Waals surface area contributed by atoms with Gasteiger partial charge < -0.3 is 20.3 Å². The minimum absolute atomic E-state index is 0.150. The molecule has 0 saturated heterocycles. The second-order valence-electron chi connectivity index (χ2n) is 3.59. The molecule has 0 heterocycles.